The third-order valence-electron chi connectivity index (χ3n) is 4.41. The van der Waals surface area contributed by atoms with E-state index < -0.39 is 17.8 Å². The normalized spacial score (nSPS) is 16.0. The Bertz CT molecular complexity index is 975. The number of aryl methyl sites for hydroxylation is 2. The summed E-state index contributed by atoms with van der Waals surface area (Å²) in [6.45, 7) is 7.70. The Morgan fingerprint density at radius 3 is 2.25 bits per heavy atom. The van der Waals surface area contributed by atoms with E-state index in [9.17, 15) is 14.4 Å². The molecule has 0 saturated carbocycles. The maximum atomic E-state index is 12.9. The summed E-state index contributed by atoms with van der Waals surface area (Å²) in [5, 5.41) is 2.23. The Hall–Kier alpha value is -3.41. The number of imide groups is 2. The summed E-state index contributed by atoms with van der Waals surface area (Å²) >= 11 is 0. The summed E-state index contributed by atoms with van der Waals surface area (Å²) in [6.07, 6.45) is 1.52. The van der Waals surface area contributed by atoms with Crippen molar-refractivity contribution < 1.29 is 19.1 Å². The molecule has 6 heteroatoms. The molecule has 0 spiro atoms. The Morgan fingerprint density at radius 2 is 1.64 bits per heavy atom. The third-order valence-corrected chi connectivity index (χ3v) is 4.41. The molecule has 1 aliphatic rings. The highest BCUT2D eigenvalue weighted by Gasteiger charge is 2.36. The van der Waals surface area contributed by atoms with E-state index >= 15 is 0 Å². The number of ether oxygens (including phenoxy) is 1. The first-order valence-electron chi connectivity index (χ1n) is 9.01. The average Bonchev–Trinajstić information content (AvgIpc) is 2.62. The fraction of sp³-hybridized carbons (Fsp3) is 0.227. The number of hydrogen-bond donors (Lipinski definition) is 1. The van der Waals surface area contributed by atoms with Crippen molar-refractivity contribution in [3.63, 3.8) is 0 Å². The van der Waals surface area contributed by atoms with Gasteiger partial charge in [0.15, 0.2) is 0 Å². The molecule has 0 aromatic heterocycles. The van der Waals surface area contributed by atoms with Crippen LogP contribution in [0.4, 0.5) is 10.5 Å². The molecule has 1 aliphatic heterocycles. The fourth-order valence-electron chi connectivity index (χ4n) is 2.84. The molecule has 4 amide bonds. The van der Waals surface area contributed by atoms with Crippen molar-refractivity contribution in [3.05, 3.63) is 64.7 Å². The molecule has 1 N–H and O–H groups in total. The average molecular weight is 378 g/mol. The van der Waals surface area contributed by atoms with E-state index in [0.29, 0.717) is 17.0 Å². The lowest BCUT2D eigenvalue weighted by Gasteiger charge is -2.26. The van der Waals surface area contributed by atoms with Gasteiger partial charge in [-0.1, -0.05) is 18.2 Å². The van der Waals surface area contributed by atoms with Crippen LogP contribution >= 0.6 is 0 Å². The minimum atomic E-state index is -0.754. The highest BCUT2D eigenvalue weighted by Crippen LogP contribution is 2.24. The third kappa shape index (κ3) is 3.96. The van der Waals surface area contributed by atoms with E-state index in [1.165, 1.54) is 6.08 Å². The second-order valence-corrected chi connectivity index (χ2v) is 6.96. The first-order valence-corrected chi connectivity index (χ1v) is 9.01. The maximum absolute atomic E-state index is 12.9. The van der Waals surface area contributed by atoms with Gasteiger partial charge in [-0.2, -0.15) is 0 Å². The van der Waals surface area contributed by atoms with Gasteiger partial charge >= 0.3 is 6.03 Å². The van der Waals surface area contributed by atoms with Crippen molar-refractivity contribution in [3.8, 4) is 5.75 Å². The number of hydrogen-bond acceptors (Lipinski definition) is 4. The summed E-state index contributed by atoms with van der Waals surface area (Å²) in [6, 6.07) is 11.6. The van der Waals surface area contributed by atoms with Gasteiger partial charge in [-0.05, 0) is 74.7 Å². The Morgan fingerprint density at radius 1 is 0.964 bits per heavy atom. The SMILES string of the molecule is Cc1ccc(N2C(=O)NC(=O)/C(=C\c3ccc(OC(C)C)cc3)C2=O)cc1C. The number of anilines is 1. The van der Waals surface area contributed by atoms with E-state index in [-0.39, 0.29) is 11.7 Å². The summed E-state index contributed by atoms with van der Waals surface area (Å²) < 4.78 is 5.59. The van der Waals surface area contributed by atoms with Crippen molar-refractivity contribution in [1.29, 1.82) is 0 Å². The predicted molar refractivity (Wildman–Crippen MR) is 107 cm³/mol. The molecule has 0 aliphatic carbocycles. The van der Waals surface area contributed by atoms with Gasteiger partial charge in [0, 0.05) is 0 Å². The molecule has 1 heterocycles. The minimum absolute atomic E-state index is 0.0486. The number of nitrogens with one attached hydrogen (secondary N) is 1. The Labute approximate surface area is 163 Å². The van der Waals surface area contributed by atoms with Crippen molar-refractivity contribution in [2.75, 3.05) is 4.90 Å². The van der Waals surface area contributed by atoms with Crippen LogP contribution in [-0.4, -0.2) is 23.9 Å². The monoisotopic (exact) mass is 378 g/mol. The highest BCUT2D eigenvalue weighted by molar-refractivity contribution is 6.39. The molecule has 28 heavy (non-hydrogen) atoms. The topological polar surface area (TPSA) is 75.7 Å². The van der Waals surface area contributed by atoms with Crippen molar-refractivity contribution in [2.45, 2.75) is 33.8 Å². The highest BCUT2D eigenvalue weighted by atomic mass is 16.5. The first kappa shape index (κ1) is 19.4. The van der Waals surface area contributed by atoms with E-state index in [2.05, 4.69) is 5.32 Å². The second kappa shape index (κ2) is 7.68. The van der Waals surface area contributed by atoms with Crippen molar-refractivity contribution >= 4 is 29.6 Å². The molecule has 2 aromatic carbocycles. The Kier molecular flexibility index (Phi) is 5.31. The van der Waals surface area contributed by atoms with E-state index in [0.717, 1.165) is 16.0 Å². The van der Waals surface area contributed by atoms with Gasteiger partial charge in [0.1, 0.15) is 11.3 Å². The van der Waals surface area contributed by atoms with Gasteiger partial charge in [0.05, 0.1) is 11.8 Å². The summed E-state index contributed by atoms with van der Waals surface area (Å²) in [7, 11) is 0. The number of barbiturate groups is 1. The second-order valence-electron chi connectivity index (χ2n) is 6.96. The molecule has 0 radical (unpaired) electrons. The number of carbonyl (C=O) groups is 3. The van der Waals surface area contributed by atoms with Gasteiger partial charge in [-0.15, -0.1) is 0 Å². The predicted octanol–water partition coefficient (Wildman–Crippen LogP) is 3.76. The van der Waals surface area contributed by atoms with Gasteiger partial charge in [0.25, 0.3) is 11.8 Å². The molecule has 144 valence electrons. The molecule has 0 unspecified atom stereocenters. The van der Waals surface area contributed by atoms with Gasteiger partial charge in [-0.25, -0.2) is 9.69 Å². The van der Waals surface area contributed by atoms with Gasteiger partial charge in [-0.3, -0.25) is 14.9 Å². The van der Waals surface area contributed by atoms with Crippen LogP contribution in [-0.2, 0) is 9.59 Å². The van der Waals surface area contributed by atoms with Crippen molar-refractivity contribution in [1.82, 2.24) is 5.32 Å². The number of amides is 4. The van der Waals surface area contributed by atoms with Crippen LogP contribution in [0.1, 0.15) is 30.5 Å². The lowest BCUT2D eigenvalue weighted by molar-refractivity contribution is -0.122. The van der Waals surface area contributed by atoms with Crippen LogP contribution in [0.5, 0.6) is 5.75 Å². The fourth-order valence-corrected chi connectivity index (χ4v) is 2.84. The molecule has 1 saturated heterocycles. The molecular formula is C22H22N2O4. The number of rotatable bonds is 4. The Balaban J connectivity index is 1.93. The summed E-state index contributed by atoms with van der Waals surface area (Å²) in [5.41, 5.74) is 2.97. The smallest absolute Gasteiger partial charge is 0.335 e. The zero-order chi connectivity index (χ0) is 20.4. The molecule has 0 atom stereocenters. The first-order chi connectivity index (χ1) is 13.3. The largest absolute Gasteiger partial charge is 0.491 e. The van der Waals surface area contributed by atoms with Crippen LogP contribution in [0, 0.1) is 13.8 Å². The lowest BCUT2D eigenvalue weighted by Crippen LogP contribution is -2.54. The lowest BCUT2D eigenvalue weighted by atomic mass is 10.1. The molecule has 2 aromatic rings. The van der Waals surface area contributed by atoms with Gasteiger partial charge in [0.2, 0.25) is 0 Å². The van der Waals surface area contributed by atoms with Crippen LogP contribution < -0.4 is 15.0 Å². The van der Waals surface area contributed by atoms with Gasteiger partial charge < -0.3 is 4.74 Å². The number of urea groups is 1. The van der Waals surface area contributed by atoms with Crippen LogP contribution in [0.2, 0.25) is 0 Å². The van der Waals surface area contributed by atoms with Crippen LogP contribution in [0.15, 0.2) is 48.0 Å². The van der Waals surface area contributed by atoms with E-state index in [4.69, 9.17) is 4.74 Å². The summed E-state index contributed by atoms with van der Waals surface area (Å²) in [5.74, 6) is -0.666. The zero-order valence-electron chi connectivity index (χ0n) is 16.3. The van der Waals surface area contributed by atoms with Crippen LogP contribution in [0.3, 0.4) is 0 Å². The molecule has 1 fully saturated rings. The molecule has 3 rings (SSSR count). The van der Waals surface area contributed by atoms with Crippen LogP contribution in [0.25, 0.3) is 6.08 Å². The van der Waals surface area contributed by atoms with Crippen molar-refractivity contribution in [2.24, 2.45) is 0 Å². The maximum Gasteiger partial charge on any atom is 0.335 e. The minimum Gasteiger partial charge on any atom is -0.491 e. The number of benzene rings is 2. The number of nitrogens with zero attached hydrogens (tertiary/aromatic N) is 1. The molecular weight excluding hydrogens is 356 g/mol. The number of carbonyl (C=O) groups excluding carboxylic acids is 3. The summed E-state index contributed by atoms with van der Waals surface area (Å²) in [4.78, 5) is 38.4. The van der Waals surface area contributed by atoms with E-state index in [1.54, 1.807) is 36.4 Å². The molecule has 6 nitrogen and oxygen atoms in total. The zero-order valence-corrected chi connectivity index (χ0v) is 16.3. The quantitative estimate of drug-likeness (QED) is 0.649. The standard InChI is InChI=1S/C22H22N2O4/c1-13(2)28-18-9-6-16(7-10-18)12-19-20(25)23-22(27)24(21(19)26)17-8-5-14(3)15(4)11-17/h5-13H,1-4H3,(H,23,25,27)/b19-12+. The van der Waals surface area contributed by atoms with E-state index in [1.807, 2.05) is 33.8 Å². The molecule has 0 bridgehead atoms.